The summed E-state index contributed by atoms with van der Waals surface area (Å²) in [7, 11) is 1.15. The van der Waals surface area contributed by atoms with Crippen molar-refractivity contribution in [2.75, 3.05) is 12.4 Å². The van der Waals surface area contributed by atoms with Crippen LogP contribution in [0.1, 0.15) is 0 Å². The largest absolute Gasteiger partial charge is 0.490 e. The van der Waals surface area contributed by atoms with E-state index in [0.29, 0.717) is 6.07 Å². The molecule has 1 aromatic carbocycles. The lowest BCUT2D eigenvalue weighted by molar-refractivity contribution is -0.394. The lowest BCUT2D eigenvalue weighted by Crippen LogP contribution is -2.20. The van der Waals surface area contributed by atoms with Crippen LogP contribution in [0.2, 0.25) is 0 Å². The second kappa shape index (κ2) is 4.95. The fourth-order valence-electron chi connectivity index (χ4n) is 1.25. The summed E-state index contributed by atoms with van der Waals surface area (Å²) in [5.74, 6) is -0.227. The fraction of sp³-hybridized carbons (Fsp3) is 0.125. The number of nitro benzene ring substituents is 2. The van der Waals surface area contributed by atoms with Crippen LogP contribution in [-0.4, -0.2) is 23.0 Å². The van der Waals surface area contributed by atoms with E-state index in [-0.39, 0.29) is 11.4 Å². The average molecular weight is 256 g/mol. The fourth-order valence-corrected chi connectivity index (χ4v) is 1.25. The molecule has 1 aromatic rings. The van der Waals surface area contributed by atoms with E-state index in [1.165, 1.54) is 0 Å². The number of carbonyl (C=O) groups excluding carboxylic acids is 1. The van der Waals surface area contributed by atoms with Crippen LogP contribution in [0, 0.1) is 20.2 Å². The summed E-state index contributed by atoms with van der Waals surface area (Å²) in [4.78, 5) is 30.4. The Bertz CT molecular complexity index is 529. The van der Waals surface area contributed by atoms with E-state index >= 15 is 0 Å². The summed E-state index contributed by atoms with van der Waals surface area (Å²) < 4.78 is 4.71. The lowest BCUT2D eigenvalue weighted by Gasteiger charge is -2.06. The first-order chi connectivity index (χ1) is 8.36. The predicted molar refractivity (Wildman–Crippen MR) is 59.5 cm³/mol. The van der Waals surface area contributed by atoms with Gasteiger partial charge < -0.3 is 15.8 Å². The van der Waals surface area contributed by atoms with Gasteiger partial charge in [-0.15, -0.1) is 0 Å². The predicted octanol–water partition coefficient (Wildman–Crippen LogP) is 1.00. The number of hydrogen-bond acceptors (Lipinski definition) is 6. The molecule has 0 unspecified atom stereocenters. The van der Waals surface area contributed by atoms with Gasteiger partial charge in [-0.1, -0.05) is 0 Å². The topological polar surface area (TPSA) is 151 Å². The van der Waals surface area contributed by atoms with Gasteiger partial charge in [-0.3, -0.25) is 20.2 Å². The summed E-state index contributed by atoms with van der Waals surface area (Å²) in [6.45, 7) is 0. The molecule has 0 atom stereocenters. The number of nitrogens with two attached hydrogens (primary N) is 1. The Hall–Kier alpha value is -2.91. The number of benzene rings is 1. The maximum Gasteiger partial charge on any atom is 0.317 e. The number of rotatable bonds is 4. The zero-order valence-corrected chi connectivity index (χ0v) is 9.08. The molecule has 10 nitrogen and oxygen atoms in total. The Morgan fingerprint density at radius 3 is 2.22 bits per heavy atom. The van der Waals surface area contributed by atoms with E-state index in [1.54, 1.807) is 0 Å². The summed E-state index contributed by atoms with van der Waals surface area (Å²) in [5.41, 5.74) is 3.32. The van der Waals surface area contributed by atoms with Crippen molar-refractivity contribution in [2.45, 2.75) is 0 Å². The molecule has 18 heavy (non-hydrogen) atoms. The number of primary amides is 1. The molecule has 0 aliphatic rings. The van der Waals surface area contributed by atoms with Crippen LogP contribution in [0.25, 0.3) is 0 Å². The molecular weight excluding hydrogens is 248 g/mol. The van der Waals surface area contributed by atoms with Gasteiger partial charge in [0.25, 0.3) is 5.69 Å². The third-order valence-electron chi connectivity index (χ3n) is 1.95. The Balaban J connectivity index is 3.46. The molecule has 3 N–H and O–H groups in total. The highest BCUT2D eigenvalue weighted by molar-refractivity contribution is 5.91. The molecule has 2 amide bonds. The molecule has 0 aliphatic heterocycles. The molecular formula is C8H8N4O6. The number of nitro groups is 2. The molecule has 1 rings (SSSR count). The minimum Gasteiger partial charge on any atom is -0.490 e. The Morgan fingerprint density at radius 2 is 1.83 bits per heavy atom. The highest BCUT2D eigenvalue weighted by Gasteiger charge is 2.25. The molecule has 0 aliphatic carbocycles. The standard InChI is InChI=1S/C8H8N4O6/c1-18-7-2-4(10-8(9)13)5(11(14)15)3-6(7)12(16)17/h2-3H,1H3,(H3,9,10,13). The van der Waals surface area contributed by atoms with Crippen LogP contribution >= 0.6 is 0 Å². The maximum atomic E-state index is 10.7. The lowest BCUT2D eigenvalue weighted by atomic mass is 10.2. The minimum atomic E-state index is -1.03. The molecule has 96 valence electrons. The van der Waals surface area contributed by atoms with E-state index in [9.17, 15) is 25.0 Å². The van der Waals surface area contributed by atoms with Crippen molar-refractivity contribution < 1.29 is 19.4 Å². The molecule has 0 spiro atoms. The van der Waals surface area contributed by atoms with Gasteiger partial charge in [-0.25, -0.2) is 4.79 Å². The number of nitrogens with one attached hydrogen (secondary N) is 1. The summed E-state index contributed by atoms with van der Waals surface area (Å²) in [5, 5.41) is 23.4. The number of anilines is 1. The van der Waals surface area contributed by atoms with Gasteiger partial charge in [0.15, 0.2) is 5.75 Å². The monoisotopic (exact) mass is 256 g/mol. The Labute approximate surface area is 99.6 Å². The van der Waals surface area contributed by atoms with Gasteiger partial charge in [-0.05, 0) is 0 Å². The zero-order chi connectivity index (χ0) is 13.9. The number of ether oxygens (including phenoxy) is 1. The zero-order valence-electron chi connectivity index (χ0n) is 9.08. The van der Waals surface area contributed by atoms with Crippen LogP contribution in [0.4, 0.5) is 21.9 Å². The van der Waals surface area contributed by atoms with Crippen LogP contribution in [0.15, 0.2) is 12.1 Å². The van der Waals surface area contributed by atoms with E-state index in [4.69, 9.17) is 10.5 Å². The van der Waals surface area contributed by atoms with Crippen molar-refractivity contribution in [3.8, 4) is 5.75 Å². The number of amides is 2. The molecule has 0 fully saturated rings. The van der Waals surface area contributed by atoms with Crippen LogP contribution < -0.4 is 15.8 Å². The third kappa shape index (κ3) is 2.61. The van der Waals surface area contributed by atoms with Crippen molar-refractivity contribution in [2.24, 2.45) is 5.73 Å². The van der Waals surface area contributed by atoms with E-state index in [1.807, 2.05) is 5.32 Å². The smallest absolute Gasteiger partial charge is 0.317 e. The highest BCUT2D eigenvalue weighted by atomic mass is 16.6. The first-order valence-corrected chi connectivity index (χ1v) is 4.44. The molecule has 0 radical (unpaired) electrons. The number of nitrogens with zero attached hydrogens (tertiary/aromatic N) is 2. The average Bonchev–Trinajstić information content (AvgIpc) is 2.26. The van der Waals surface area contributed by atoms with Crippen molar-refractivity contribution in [3.63, 3.8) is 0 Å². The van der Waals surface area contributed by atoms with Gasteiger partial charge >= 0.3 is 11.7 Å². The molecule has 0 bridgehead atoms. The van der Waals surface area contributed by atoms with Crippen LogP contribution in [0.5, 0.6) is 5.75 Å². The quantitative estimate of drug-likeness (QED) is 0.605. The third-order valence-corrected chi connectivity index (χ3v) is 1.95. The summed E-state index contributed by atoms with van der Waals surface area (Å²) in [6, 6.07) is 0.611. The van der Waals surface area contributed by atoms with Gasteiger partial charge in [0, 0.05) is 6.07 Å². The summed E-state index contributed by atoms with van der Waals surface area (Å²) >= 11 is 0. The second-order valence-electron chi connectivity index (χ2n) is 3.04. The summed E-state index contributed by atoms with van der Waals surface area (Å²) in [6.07, 6.45) is 0. The van der Waals surface area contributed by atoms with Gasteiger partial charge in [0.2, 0.25) is 0 Å². The van der Waals surface area contributed by atoms with Crippen LogP contribution in [-0.2, 0) is 0 Å². The van der Waals surface area contributed by atoms with Crippen molar-refractivity contribution in [1.82, 2.24) is 0 Å². The maximum absolute atomic E-state index is 10.7. The second-order valence-corrected chi connectivity index (χ2v) is 3.04. The van der Waals surface area contributed by atoms with Crippen molar-refractivity contribution in [1.29, 1.82) is 0 Å². The Kier molecular flexibility index (Phi) is 3.62. The SMILES string of the molecule is COc1cc(NC(N)=O)c([N+](=O)[O-])cc1[N+](=O)[O-]. The molecule has 0 aromatic heterocycles. The van der Waals surface area contributed by atoms with E-state index < -0.39 is 27.3 Å². The number of urea groups is 1. The van der Waals surface area contributed by atoms with Crippen molar-refractivity contribution >= 4 is 23.1 Å². The van der Waals surface area contributed by atoms with Crippen LogP contribution in [0.3, 0.4) is 0 Å². The number of methoxy groups -OCH3 is 1. The van der Waals surface area contributed by atoms with Gasteiger partial charge in [0.05, 0.1) is 23.0 Å². The molecule has 0 saturated heterocycles. The molecule has 0 saturated carbocycles. The first-order valence-electron chi connectivity index (χ1n) is 4.44. The van der Waals surface area contributed by atoms with Crippen molar-refractivity contribution in [3.05, 3.63) is 32.4 Å². The highest BCUT2D eigenvalue weighted by Crippen LogP contribution is 2.37. The van der Waals surface area contributed by atoms with E-state index in [2.05, 4.69) is 0 Å². The molecule has 0 heterocycles. The minimum absolute atomic E-state index is 0.227. The Morgan fingerprint density at radius 1 is 1.28 bits per heavy atom. The van der Waals surface area contributed by atoms with Gasteiger partial charge in [0.1, 0.15) is 5.69 Å². The molecule has 10 heteroatoms. The number of hydrogen-bond donors (Lipinski definition) is 2. The van der Waals surface area contributed by atoms with E-state index in [0.717, 1.165) is 13.2 Å². The van der Waals surface area contributed by atoms with Gasteiger partial charge in [-0.2, -0.15) is 0 Å². The number of carbonyl (C=O) groups is 1. The normalized spacial score (nSPS) is 9.61. The first kappa shape index (κ1) is 13.2.